The standard InChI is InChI=1S/C19H32N4O3.HI/c1-5-14(6-2)17-12-16(26-22-17)13-21-19(20-7-3)23-10-8-15(9-11-23)18(24)25-4;/h12,14-15H,5-11,13H2,1-4H3,(H,20,21);1H. The number of aromatic nitrogens is 1. The van der Waals surface area contributed by atoms with Crippen LogP contribution in [0.3, 0.4) is 0 Å². The topological polar surface area (TPSA) is 80.0 Å². The number of guanidine groups is 1. The molecule has 0 atom stereocenters. The maximum atomic E-state index is 11.7. The number of aliphatic imine (C=N–C) groups is 1. The summed E-state index contributed by atoms with van der Waals surface area (Å²) in [5.41, 5.74) is 1.02. The van der Waals surface area contributed by atoms with Gasteiger partial charge in [-0.1, -0.05) is 19.0 Å². The van der Waals surface area contributed by atoms with Crippen LogP contribution in [0.4, 0.5) is 0 Å². The highest BCUT2D eigenvalue weighted by molar-refractivity contribution is 14.0. The fraction of sp³-hybridized carbons (Fsp3) is 0.737. The van der Waals surface area contributed by atoms with E-state index >= 15 is 0 Å². The Morgan fingerprint density at radius 3 is 2.59 bits per heavy atom. The third-order valence-corrected chi connectivity index (χ3v) is 5.03. The average Bonchev–Trinajstić information content (AvgIpc) is 3.14. The normalized spacial score (nSPS) is 15.6. The highest BCUT2D eigenvalue weighted by Crippen LogP contribution is 2.23. The number of piperidine rings is 1. The number of rotatable bonds is 7. The zero-order valence-corrected chi connectivity index (χ0v) is 19.2. The van der Waals surface area contributed by atoms with Crippen molar-refractivity contribution < 1.29 is 14.1 Å². The quantitative estimate of drug-likeness (QED) is 0.272. The van der Waals surface area contributed by atoms with Crippen molar-refractivity contribution in [1.29, 1.82) is 0 Å². The molecule has 7 nitrogen and oxygen atoms in total. The Hall–Kier alpha value is -1.32. The van der Waals surface area contributed by atoms with Crippen LogP contribution in [0, 0.1) is 5.92 Å². The van der Waals surface area contributed by atoms with Gasteiger partial charge in [0.1, 0.15) is 6.54 Å². The van der Waals surface area contributed by atoms with Crippen LogP contribution in [0.25, 0.3) is 0 Å². The summed E-state index contributed by atoms with van der Waals surface area (Å²) >= 11 is 0. The summed E-state index contributed by atoms with van der Waals surface area (Å²) in [5, 5.41) is 7.53. The molecule has 2 rings (SSSR count). The second-order valence-electron chi connectivity index (χ2n) is 6.69. The van der Waals surface area contributed by atoms with Gasteiger partial charge in [0.25, 0.3) is 0 Å². The van der Waals surface area contributed by atoms with Gasteiger partial charge in [-0.3, -0.25) is 4.79 Å². The number of hydrogen-bond donors (Lipinski definition) is 1. The average molecular weight is 492 g/mol. The zero-order chi connectivity index (χ0) is 18.9. The number of nitrogens with one attached hydrogen (secondary N) is 1. The highest BCUT2D eigenvalue weighted by atomic mass is 127. The van der Waals surface area contributed by atoms with E-state index in [9.17, 15) is 4.79 Å². The van der Waals surface area contributed by atoms with Gasteiger partial charge in [0.15, 0.2) is 11.7 Å². The van der Waals surface area contributed by atoms with Crippen molar-refractivity contribution in [2.75, 3.05) is 26.7 Å². The predicted octanol–water partition coefficient (Wildman–Crippen LogP) is 3.55. The number of hydrogen-bond acceptors (Lipinski definition) is 5. The first kappa shape index (κ1) is 23.7. The summed E-state index contributed by atoms with van der Waals surface area (Å²) in [5.74, 6) is 1.98. The van der Waals surface area contributed by atoms with Gasteiger partial charge in [-0.15, -0.1) is 24.0 Å². The molecule has 0 aromatic carbocycles. The summed E-state index contributed by atoms with van der Waals surface area (Å²) in [7, 11) is 1.45. The van der Waals surface area contributed by atoms with Crippen LogP contribution in [-0.2, 0) is 16.1 Å². The van der Waals surface area contributed by atoms with Crippen molar-refractivity contribution in [1.82, 2.24) is 15.4 Å². The molecule has 0 bridgehead atoms. The molecule has 1 aromatic heterocycles. The largest absolute Gasteiger partial charge is 0.469 e. The number of carbonyl (C=O) groups excluding carboxylic acids is 1. The lowest BCUT2D eigenvalue weighted by atomic mass is 9.97. The van der Waals surface area contributed by atoms with E-state index in [1.54, 1.807) is 0 Å². The lowest BCUT2D eigenvalue weighted by molar-refractivity contribution is -0.146. The van der Waals surface area contributed by atoms with E-state index in [1.807, 2.05) is 6.07 Å². The maximum absolute atomic E-state index is 11.7. The fourth-order valence-corrected chi connectivity index (χ4v) is 3.38. The van der Waals surface area contributed by atoms with E-state index in [0.717, 1.165) is 62.7 Å². The molecule has 1 saturated heterocycles. The third kappa shape index (κ3) is 6.65. The SMILES string of the molecule is CCNC(=NCc1cc(C(CC)CC)no1)N1CCC(C(=O)OC)CC1.I. The molecule has 0 unspecified atom stereocenters. The Labute approximate surface area is 179 Å². The molecule has 0 saturated carbocycles. The van der Waals surface area contributed by atoms with Crippen LogP contribution in [0.5, 0.6) is 0 Å². The number of methoxy groups -OCH3 is 1. The molecule has 27 heavy (non-hydrogen) atoms. The number of likely N-dealkylation sites (tertiary alicyclic amines) is 1. The van der Waals surface area contributed by atoms with E-state index in [0.29, 0.717) is 12.5 Å². The van der Waals surface area contributed by atoms with E-state index in [1.165, 1.54) is 7.11 Å². The molecule has 1 aliphatic rings. The Balaban J connectivity index is 0.00000364. The predicted molar refractivity (Wildman–Crippen MR) is 116 cm³/mol. The van der Waals surface area contributed by atoms with Crippen molar-refractivity contribution in [2.45, 2.75) is 58.9 Å². The molecule has 0 spiro atoms. The van der Waals surface area contributed by atoms with Crippen LogP contribution in [0.2, 0.25) is 0 Å². The molecule has 0 radical (unpaired) electrons. The second kappa shape index (κ2) is 12.2. The van der Waals surface area contributed by atoms with Crippen molar-refractivity contribution in [3.63, 3.8) is 0 Å². The number of esters is 1. The molecule has 1 fully saturated rings. The molecule has 0 aliphatic carbocycles. The number of nitrogens with zero attached hydrogens (tertiary/aromatic N) is 3. The van der Waals surface area contributed by atoms with Crippen LogP contribution in [0.1, 0.15) is 63.8 Å². The molecule has 1 N–H and O–H groups in total. The molecule has 2 heterocycles. The van der Waals surface area contributed by atoms with Crippen molar-refractivity contribution >= 4 is 35.9 Å². The summed E-state index contributed by atoms with van der Waals surface area (Å²) in [6.45, 7) is 9.24. The monoisotopic (exact) mass is 492 g/mol. The van der Waals surface area contributed by atoms with Gasteiger partial charge in [0.05, 0.1) is 18.7 Å². The summed E-state index contributed by atoms with van der Waals surface area (Å²) in [4.78, 5) is 18.6. The molecule has 1 aromatic rings. The number of ether oxygens (including phenoxy) is 1. The Kier molecular flexibility index (Phi) is 10.7. The molecular formula is C19H33IN4O3. The molecular weight excluding hydrogens is 459 g/mol. The van der Waals surface area contributed by atoms with Gasteiger partial charge < -0.3 is 19.5 Å². The zero-order valence-electron chi connectivity index (χ0n) is 16.9. The Bertz CT molecular complexity index is 594. The molecule has 8 heteroatoms. The minimum Gasteiger partial charge on any atom is -0.469 e. The van der Waals surface area contributed by atoms with E-state index < -0.39 is 0 Å². The number of halogens is 1. The lowest BCUT2D eigenvalue weighted by Gasteiger charge is -2.33. The third-order valence-electron chi connectivity index (χ3n) is 5.03. The summed E-state index contributed by atoms with van der Waals surface area (Å²) < 4.78 is 10.3. The van der Waals surface area contributed by atoms with Gasteiger partial charge in [0.2, 0.25) is 0 Å². The van der Waals surface area contributed by atoms with Gasteiger partial charge in [0, 0.05) is 31.6 Å². The van der Waals surface area contributed by atoms with Crippen molar-refractivity contribution in [2.24, 2.45) is 10.9 Å². The number of carbonyl (C=O) groups is 1. The first-order valence-corrected chi connectivity index (χ1v) is 9.69. The summed E-state index contributed by atoms with van der Waals surface area (Å²) in [6.07, 6.45) is 3.70. The Morgan fingerprint density at radius 1 is 1.37 bits per heavy atom. The first-order chi connectivity index (χ1) is 12.6. The van der Waals surface area contributed by atoms with Gasteiger partial charge in [-0.25, -0.2) is 4.99 Å². The maximum Gasteiger partial charge on any atom is 0.308 e. The molecule has 154 valence electrons. The van der Waals surface area contributed by atoms with Crippen LogP contribution < -0.4 is 5.32 Å². The minimum absolute atomic E-state index is 0. The van der Waals surface area contributed by atoms with E-state index in [4.69, 9.17) is 14.3 Å². The van der Waals surface area contributed by atoms with Gasteiger partial charge >= 0.3 is 5.97 Å². The van der Waals surface area contributed by atoms with Crippen molar-refractivity contribution in [3.8, 4) is 0 Å². The second-order valence-corrected chi connectivity index (χ2v) is 6.69. The van der Waals surface area contributed by atoms with Crippen LogP contribution in [0.15, 0.2) is 15.6 Å². The molecule has 0 amide bonds. The fourth-order valence-electron chi connectivity index (χ4n) is 3.38. The molecule has 1 aliphatic heterocycles. The van der Waals surface area contributed by atoms with Gasteiger partial charge in [-0.05, 0) is 32.6 Å². The van der Waals surface area contributed by atoms with Crippen LogP contribution >= 0.6 is 24.0 Å². The van der Waals surface area contributed by atoms with E-state index in [-0.39, 0.29) is 35.9 Å². The minimum atomic E-state index is -0.109. The van der Waals surface area contributed by atoms with Crippen molar-refractivity contribution in [3.05, 3.63) is 17.5 Å². The first-order valence-electron chi connectivity index (χ1n) is 9.69. The highest BCUT2D eigenvalue weighted by Gasteiger charge is 2.27. The van der Waals surface area contributed by atoms with Gasteiger partial charge in [-0.2, -0.15) is 0 Å². The van der Waals surface area contributed by atoms with E-state index in [2.05, 4.69) is 36.1 Å². The lowest BCUT2D eigenvalue weighted by Crippen LogP contribution is -2.46. The summed E-state index contributed by atoms with van der Waals surface area (Å²) in [6, 6.07) is 2.02. The smallest absolute Gasteiger partial charge is 0.308 e. The van der Waals surface area contributed by atoms with Crippen LogP contribution in [-0.4, -0.2) is 48.7 Å². The Morgan fingerprint density at radius 2 is 2.04 bits per heavy atom.